The molecule has 0 saturated heterocycles. The summed E-state index contributed by atoms with van der Waals surface area (Å²) in [5, 5.41) is 17.8. The number of hydrogen-bond acceptors (Lipinski definition) is 3. The van der Waals surface area contributed by atoms with Crippen LogP contribution in [0.4, 0.5) is 13.2 Å². The van der Waals surface area contributed by atoms with E-state index in [-0.39, 0.29) is 5.56 Å². The molecule has 7 heteroatoms. The summed E-state index contributed by atoms with van der Waals surface area (Å²) in [6.07, 6.45) is -5.04. The normalized spacial score (nSPS) is 13.4. The molecule has 4 N–H and O–H groups in total. The van der Waals surface area contributed by atoms with Crippen molar-refractivity contribution in [1.82, 2.24) is 0 Å². The molecule has 0 fully saturated rings. The van der Waals surface area contributed by atoms with Crippen LogP contribution in [0.15, 0.2) is 18.2 Å². The minimum Gasteiger partial charge on any atom is -0.508 e. The van der Waals surface area contributed by atoms with Gasteiger partial charge in [0, 0.05) is 11.6 Å². The van der Waals surface area contributed by atoms with Gasteiger partial charge in [0.1, 0.15) is 5.75 Å². The van der Waals surface area contributed by atoms with Gasteiger partial charge in [-0.3, -0.25) is 4.79 Å². The van der Waals surface area contributed by atoms with Gasteiger partial charge >= 0.3 is 12.1 Å². The lowest BCUT2D eigenvalue weighted by Gasteiger charge is -2.13. The fraction of sp³-hybridized carbons (Fsp3) is 0.300. The van der Waals surface area contributed by atoms with Crippen LogP contribution in [0, 0.1) is 0 Å². The summed E-state index contributed by atoms with van der Waals surface area (Å²) in [5.41, 5.74) is 4.39. The summed E-state index contributed by atoms with van der Waals surface area (Å²) >= 11 is 0. The molecule has 1 aromatic rings. The molecule has 0 aliphatic rings. The highest BCUT2D eigenvalue weighted by molar-refractivity contribution is 5.68. The van der Waals surface area contributed by atoms with Gasteiger partial charge in [0.15, 0.2) is 0 Å². The summed E-state index contributed by atoms with van der Waals surface area (Å²) < 4.78 is 36.8. The number of aliphatic carboxylic acids is 1. The lowest BCUT2D eigenvalue weighted by molar-refractivity contribution is -0.138. The average molecular weight is 249 g/mol. The molecule has 4 nitrogen and oxygen atoms in total. The first kappa shape index (κ1) is 13.3. The zero-order valence-corrected chi connectivity index (χ0v) is 8.53. The quantitative estimate of drug-likeness (QED) is 0.763. The molecule has 1 rings (SSSR count). The molecule has 1 aromatic carbocycles. The fourth-order valence-electron chi connectivity index (χ4n) is 1.33. The van der Waals surface area contributed by atoms with Gasteiger partial charge in [-0.05, 0) is 12.1 Å². The Morgan fingerprint density at radius 3 is 2.41 bits per heavy atom. The van der Waals surface area contributed by atoms with Crippen molar-refractivity contribution >= 4 is 5.97 Å². The number of carboxylic acid groups (broad SMARTS) is 1. The number of aromatic hydroxyl groups is 1. The standard InChI is InChI=1S/C10H10F3NO3/c11-10(12,13)5-1-2-6(8(15)3-5)7(14)4-9(16)17/h1-3,7,15H,4,14H2,(H,16,17)/t7-/m0/s1. The van der Waals surface area contributed by atoms with Gasteiger partial charge < -0.3 is 15.9 Å². The molecule has 94 valence electrons. The van der Waals surface area contributed by atoms with E-state index in [0.717, 1.165) is 12.1 Å². The fourth-order valence-corrected chi connectivity index (χ4v) is 1.33. The number of nitrogens with two attached hydrogens (primary N) is 1. The number of alkyl halides is 3. The summed E-state index contributed by atoms with van der Waals surface area (Å²) in [5.74, 6) is -1.86. The molecule has 0 radical (unpaired) electrons. The van der Waals surface area contributed by atoms with Crippen molar-refractivity contribution in [2.45, 2.75) is 18.6 Å². The van der Waals surface area contributed by atoms with Crippen LogP contribution in [-0.2, 0) is 11.0 Å². The number of carbonyl (C=O) groups is 1. The number of phenolic OH excluding ortho intramolecular Hbond substituents is 1. The maximum absolute atomic E-state index is 12.3. The average Bonchev–Trinajstić information content (AvgIpc) is 2.14. The van der Waals surface area contributed by atoms with Crippen LogP contribution in [-0.4, -0.2) is 16.2 Å². The molecule has 17 heavy (non-hydrogen) atoms. The number of carboxylic acids is 1. The highest BCUT2D eigenvalue weighted by Gasteiger charge is 2.31. The predicted octanol–water partition coefficient (Wildman–Crippen LogP) is 1.89. The summed E-state index contributed by atoms with van der Waals surface area (Å²) in [6, 6.07) is 1.20. The Morgan fingerprint density at radius 1 is 1.41 bits per heavy atom. The first-order valence-electron chi connectivity index (χ1n) is 4.59. The number of rotatable bonds is 3. The first-order valence-corrected chi connectivity index (χ1v) is 4.59. The third kappa shape index (κ3) is 3.35. The third-order valence-electron chi connectivity index (χ3n) is 2.15. The number of halogens is 3. The van der Waals surface area contributed by atoms with Gasteiger partial charge in [-0.15, -0.1) is 0 Å². The highest BCUT2D eigenvalue weighted by Crippen LogP contribution is 2.34. The highest BCUT2D eigenvalue weighted by atomic mass is 19.4. The van der Waals surface area contributed by atoms with Crippen LogP contribution in [0.2, 0.25) is 0 Å². The summed E-state index contributed by atoms with van der Waals surface area (Å²) in [6.45, 7) is 0. The Hall–Kier alpha value is -1.76. The second-order valence-electron chi connectivity index (χ2n) is 3.48. The van der Waals surface area contributed by atoms with E-state index in [9.17, 15) is 23.1 Å². The monoisotopic (exact) mass is 249 g/mol. The number of hydrogen-bond donors (Lipinski definition) is 3. The molecular weight excluding hydrogens is 239 g/mol. The van der Waals surface area contributed by atoms with Gasteiger partial charge in [-0.1, -0.05) is 6.07 Å². The second kappa shape index (κ2) is 4.62. The van der Waals surface area contributed by atoms with Crippen molar-refractivity contribution in [3.05, 3.63) is 29.3 Å². The molecule has 0 aliphatic carbocycles. The number of phenols is 1. The van der Waals surface area contributed by atoms with Crippen LogP contribution < -0.4 is 5.73 Å². The van der Waals surface area contributed by atoms with E-state index in [4.69, 9.17) is 10.8 Å². The molecule has 0 spiro atoms. The van der Waals surface area contributed by atoms with Gasteiger partial charge in [0.25, 0.3) is 0 Å². The molecule has 0 aromatic heterocycles. The van der Waals surface area contributed by atoms with Gasteiger partial charge in [-0.2, -0.15) is 13.2 Å². The van der Waals surface area contributed by atoms with Crippen LogP contribution >= 0.6 is 0 Å². The molecule has 1 atom stereocenters. The van der Waals surface area contributed by atoms with E-state index >= 15 is 0 Å². The Balaban J connectivity index is 3.02. The third-order valence-corrected chi connectivity index (χ3v) is 2.15. The van der Waals surface area contributed by atoms with Crippen molar-refractivity contribution < 1.29 is 28.2 Å². The van der Waals surface area contributed by atoms with Gasteiger partial charge in [0.2, 0.25) is 0 Å². The van der Waals surface area contributed by atoms with Crippen LogP contribution in [0.3, 0.4) is 0 Å². The molecular formula is C10H10F3NO3. The molecule has 0 heterocycles. The van der Waals surface area contributed by atoms with E-state index in [0.29, 0.717) is 6.07 Å². The Labute approximate surface area is 94.5 Å². The minimum atomic E-state index is -4.56. The molecule has 0 unspecified atom stereocenters. The van der Waals surface area contributed by atoms with E-state index in [1.54, 1.807) is 0 Å². The number of benzene rings is 1. The van der Waals surface area contributed by atoms with Gasteiger partial charge in [0.05, 0.1) is 12.0 Å². The molecule has 0 aliphatic heterocycles. The largest absolute Gasteiger partial charge is 0.508 e. The Bertz CT molecular complexity index is 431. The minimum absolute atomic E-state index is 0.0274. The molecule has 0 bridgehead atoms. The zero-order valence-electron chi connectivity index (χ0n) is 8.53. The maximum atomic E-state index is 12.3. The summed E-state index contributed by atoms with van der Waals surface area (Å²) in [4.78, 5) is 10.4. The van der Waals surface area contributed by atoms with Crippen molar-refractivity contribution in [2.24, 2.45) is 5.73 Å². The lowest BCUT2D eigenvalue weighted by atomic mass is 10.0. The maximum Gasteiger partial charge on any atom is 0.416 e. The van der Waals surface area contributed by atoms with E-state index < -0.39 is 35.9 Å². The Morgan fingerprint density at radius 2 is 2.00 bits per heavy atom. The predicted molar refractivity (Wildman–Crippen MR) is 52.3 cm³/mol. The second-order valence-corrected chi connectivity index (χ2v) is 3.48. The topological polar surface area (TPSA) is 83.6 Å². The molecule has 0 amide bonds. The summed E-state index contributed by atoms with van der Waals surface area (Å²) in [7, 11) is 0. The van der Waals surface area contributed by atoms with Crippen LogP contribution in [0.1, 0.15) is 23.6 Å². The van der Waals surface area contributed by atoms with Crippen molar-refractivity contribution in [2.75, 3.05) is 0 Å². The lowest BCUT2D eigenvalue weighted by Crippen LogP contribution is -2.15. The van der Waals surface area contributed by atoms with Crippen molar-refractivity contribution in [3.8, 4) is 5.75 Å². The van der Waals surface area contributed by atoms with E-state index in [1.807, 2.05) is 0 Å². The van der Waals surface area contributed by atoms with E-state index in [2.05, 4.69) is 0 Å². The van der Waals surface area contributed by atoms with Crippen LogP contribution in [0.25, 0.3) is 0 Å². The van der Waals surface area contributed by atoms with Crippen molar-refractivity contribution in [3.63, 3.8) is 0 Å². The zero-order chi connectivity index (χ0) is 13.2. The van der Waals surface area contributed by atoms with E-state index in [1.165, 1.54) is 0 Å². The van der Waals surface area contributed by atoms with Crippen molar-refractivity contribution in [1.29, 1.82) is 0 Å². The SMILES string of the molecule is N[C@@H](CC(=O)O)c1ccc(C(F)(F)F)cc1O. The Kier molecular flexibility index (Phi) is 3.62. The molecule has 0 saturated carbocycles. The first-order chi connectivity index (χ1) is 7.71. The smallest absolute Gasteiger partial charge is 0.416 e. The van der Waals surface area contributed by atoms with Crippen LogP contribution in [0.5, 0.6) is 5.75 Å². The van der Waals surface area contributed by atoms with Gasteiger partial charge in [-0.25, -0.2) is 0 Å².